The van der Waals surface area contributed by atoms with Gasteiger partial charge in [-0.1, -0.05) is 318 Å². The second-order valence-electron chi connectivity index (χ2n) is 26.7. The number of carbonyl (C=O) groups excluding carboxylic acids is 4. The van der Waals surface area contributed by atoms with Gasteiger partial charge in [-0.15, -0.1) is 0 Å². The molecule has 0 radical (unpaired) electrons. The Bertz CT molecular complexity index is 1770. The minimum atomic E-state index is -4.95. The van der Waals surface area contributed by atoms with Gasteiger partial charge in [-0.05, 0) is 37.5 Å². The summed E-state index contributed by atoms with van der Waals surface area (Å²) >= 11 is 0. The van der Waals surface area contributed by atoms with E-state index in [1.54, 1.807) is 0 Å². The highest BCUT2D eigenvalue weighted by Crippen LogP contribution is 2.45. The second kappa shape index (κ2) is 64.1. The fourth-order valence-electron chi connectivity index (χ4n) is 10.9. The standard InChI is InChI=1S/C72H140O17P2/c1-7-10-12-14-15-16-17-18-23-26-33-38-44-50-56-71(76)88-67(60-82-69(74)54-48-40-13-11-8-2)62-86-90(78,79)84-58-66(73)59-85-91(80,81)87-63-68(61-83-70(75)55-49-43-37-32-29-28-31-36-42-47-53-65(6)9-3)89-72(77)57-51-45-39-34-27-24-21-19-20-22-25-30-35-41-46-52-64(4)5/h64-68,73H,7-63H2,1-6H3,(H,78,79)(H,80,81)/t65?,66-,67+,68+/m0/s1. The van der Waals surface area contributed by atoms with Crippen LogP contribution in [0.15, 0.2) is 0 Å². The van der Waals surface area contributed by atoms with Gasteiger partial charge in [0.15, 0.2) is 12.2 Å². The SMILES string of the molecule is CCCCCCCCCCCCCCCCC(=O)O[C@H](COC(=O)CCCCCCC)COP(=O)(O)OC[C@H](O)COP(=O)(O)OC[C@@H](COC(=O)CCCCCCCCCCCCC(C)CC)OC(=O)CCCCCCCCCCCCCCCCCC(C)C. The average molecular weight is 1340 g/mol. The molecule has 0 heterocycles. The minimum Gasteiger partial charge on any atom is -0.462 e. The fraction of sp³-hybridized carbons (Fsp3) is 0.944. The molecule has 0 aliphatic rings. The molecular weight excluding hydrogens is 1200 g/mol. The number of hydrogen-bond acceptors (Lipinski definition) is 15. The molecular formula is C72H140O17P2. The zero-order chi connectivity index (χ0) is 67.2. The lowest BCUT2D eigenvalue weighted by atomic mass is 9.99. The van der Waals surface area contributed by atoms with Gasteiger partial charge < -0.3 is 33.8 Å². The van der Waals surface area contributed by atoms with Gasteiger partial charge in [-0.25, -0.2) is 9.13 Å². The van der Waals surface area contributed by atoms with E-state index < -0.39 is 97.5 Å². The molecule has 0 aliphatic heterocycles. The molecule has 540 valence electrons. The highest BCUT2D eigenvalue weighted by molar-refractivity contribution is 7.47. The molecule has 0 aromatic rings. The number of ether oxygens (including phenoxy) is 4. The molecule has 6 atom stereocenters. The number of esters is 4. The number of hydrogen-bond donors (Lipinski definition) is 3. The Labute approximate surface area is 556 Å². The fourth-order valence-corrected chi connectivity index (χ4v) is 12.5. The van der Waals surface area contributed by atoms with Crippen LogP contribution in [-0.2, 0) is 65.4 Å². The van der Waals surface area contributed by atoms with Crippen LogP contribution in [0.3, 0.4) is 0 Å². The number of rotatable bonds is 71. The minimum absolute atomic E-state index is 0.107. The number of aliphatic hydroxyl groups is 1. The molecule has 19 heteroatoms. The lowest BCUT2D eigenvalue weighted by molar-refractivity contribution is -0.161. The smallest absolute Gasteiger partial charge is 0.462 e. The van der Waals surface area contributed by atoms with E-state index in [4.69, 9.17) is 37.0 Å². The Morgan fingerprint density at radius 3 is 0.835 bits per heavy atom. The first kappa shape index (κ1) is 89.1. The van der Waals surface area contributed by atoms with Crippen LogP contribution in [0.4, 0.5) is 0 Å². The molecule has 0 fully saturated rings. The molecule has 0 saturated carbocycles. The molecule has 0 aliphatic carbocycles. The summed E-state index contributed by atoms with van der Waals surface area (Å²) in [5.74, 6) is -0.519. The summed E-state index contributed by atoms with van der Waals surface area (Å²) in [7, 11) is -9.89. The van der Waals surface area contributed by atoms with Crippen molar-refractivity contribution in [3.63, 3.8) is 0 Å². The van der Waals surface area contributed by atoms with Crippen molar-refractivity contribution in [3.8, 4) is 0 Å². The molecule has 0 bridgehead atoms. The van der Waals surface area contributed by atoms with E-state index in [1.807, 2.05) is 0 Å². The molecule has 17 nitrogen and oxygen atoms in total. The summed E-state index contributed by atoms with van der Waals surface area (Å²) in [6.07, 6.45) is 50.2. The predicted molar refractivity (Wildman–Crippen MR) is 368 cm³/mol. The van der Waals surface area contributed by atoms with E-state index in [0.29, 0.717) is 25.7 Å². The first-order chi connectivity index (χ1) is 43.9. The van der Waals surface area contributed by atoms with E-state index >= 15 is 0 Å². The number of carbonyl (C=O) groups is 4. The lowest BCUT2D eigenvalue weighted by Gasteiger charge is -2.21. The van der Waals surface area contributed by atoms with Crippen LogP contribution in [0, 0.1) is 11.8 Å². The van der Waals surface area contributed by atoms with Crippen LogP contribution in [0.1, 0.15) is 369 Å². The first-order valence-electron chi connectivity index (χ1n) is 37.5. The van der Waals surface area contributed by atoms with Gasteiger partial charge in [-0.2, -0.15) is 0 Å². The van der Waals surface area contributed by atoms with E-state index in [1.165, 1.54) is 180 Å². The molecule has 0 rings (SSSR count). The molecule has 0 aromatic heterocycles. The van der Waals surface area contributed by atoms with Crippen molar-refractivity contribution in [2.75, 3.05) is 39.6 Å². The molecule has 0 spiro atoms. The predicted octanol–water partition coefficient (Wildman–Crippen LogP) is 20.8. The maximum absolute atomic E-state index is 13.0. The second-order valence-corrected chi connectivity index (χ2v) is 29.6. The zero-order valence-corrected chi connectivity index (χ0v) is 60.9. The van der Waals surface area contributed by atoms with Crippen LogP contribution < -0.4 is 0 Å². The van der Waals surface area contributed by atoms with Gasteiger partial charge >= 0.3 is 39.5 Å². The topological polar surface area (TPSA) is 237 Å². The van der Waals surface area contributed by atoms with Crippen LogP contribution in [-0.4, -0.2) is 96.7 Å². The number of phosphoric acid groups is 2. The number of unbranched alkanes of at least 4 members (excludes halogenated alkanes) is 40. The Kier molecular flexibility index (Phi) is 62.7. The van der Waals surface area contributed by atoms with Gasteiger partial charge in [0.25, 0.3) is 0 Å². The van der Waals surface area contributed by atoms with Gasteiger partial charge in [0.05, 0.1) is 26.4 Å². The summed E-state index contributed by atoms with van der Waals surface area (Å²) in [5, 5.41) is 10.6. The summed E-state index contributed by atoms with van der Waals surface area (Å²) in [6, 6.07) is 0. The van der Waals surface area contributed by atoms with Crippen molar-refractivity contribution in [3.05, 3.63) is 0 Å². The van der Waals surface area contributed by atoms with E-state index in [9.17, 15) is 43.2 Å². The van der Waals surface area contributed by atoms with Gasteiger partial charge in [0.2, 0.25) is 0 Å². The Balaban J connectivity index is 5.15. The van der Waals surface area contributed by atoms with E-state index in [2.05, 4.69) is 41.5 Å². The third-order valence-corrected chi connectivity index (χ3v) is 19.0. The number of phosphoric ester groups is 2. The highest BCUT2D eigenvalue weighted by atomic mass is 31.2. The summed E-state index contributed by atoms with van der Waals surface area (Å²) < 4.78 is 68.2. The third kappa shape index (κ3) is 65.1. The summed E-state index contributed by atoms with van der Waals surface area (Å²) in [4.78, 5) is 72.4. The van der Waals surface area contributed by atoms with Crippen LogP contribution in [0.2, 0.25) is 0 Å². The van der Waals surface area contributed by atoms with E-state index in [0.717, 1.165) is 108 Å². The molecule has 0 aromatic carbocycles. The largest absolute Gasteiger partial charge is 0.472 e. The maximum Gasteiger partial charge on any atom is 0.472 e. The van der Waals surface area contributed by atoms with Gasteiger partial charge in [0.1, 0.15) is 19.3 Å². The highest BCUT2D eigenvalue weighted by Gasteiger charge is 2.30. The van der Waals surface area contributed by atoms with Crippen molar-refractivity contribution >= 4 is 39.5 Å². The van der Waals surface area contributed by atoms with E-state index in [-0.39, 0.29) is 25.7 Å². The van der Waals surface area contributed by atoms with Gasteiger partial charge in [-0.3, -0.25) is 37.3 Å². The monoisotopic (exact) mass is 1340 g/mol. The normalized spacial score (nSPS) is 14.4. The molecule has 0 saturated heterocycles. The van der Waals surface area contributed by atoms with Crippen molar-refractivity contribution < 1.29 is 80.2 Å². The maximum atomic E-state index is 13.0. The van der Waals surface area contributed by atoms with Crippen LogP contribution in [0.5, 0.6) is 0 Å². The van der Waals surface area contributed by atoms with Crippen molar-refractivity contribution in [2.24, 2.45) is 11.8 Å². The Hall–Kier alpha value is -1.94. The van der Waals surface area contributed by atoms with Gasteiger partial charge in [0, 0.05) is 25.7 Å². The Morgan fingerprint density at radius 1 is 0.319 bits per heavy atom. The third-order valence-electron chi connectivity index (χ3n) is 17.1. The Morgan fingerprint density at radius 2 is 0.560 bits per heavy atom. The van der Waals surface area contributed by atoms with Crippen LogP contribution in [0.25, 0.3) is 0 Å². The average Bonchev–Trinajstić information content (AvgIpc) is 3.71. The summed E-state index contributed by atoms with van der Waals surface area (Å²) in [6.45, 7) is 9.54. The molecule has 3 unspecified atom stereocenters. The van der Waals surface area contributed by atoms with Crippen molar-refractivity contribution in [1.29, 1.82) is 0 Å². The number of aliphatic hydroxyl groups excluding tert-OH is 1. The molecule has 91 heavy (non-hydrogen) atoms. The quantitative estimate of drug-likeness (QED) is 0.0222. The molecule has 3 N–H and O–H groups in total. The lowest BCUT2D eigenvalue weighted by Crippen LogP contribution is -2.30. The summed E-state index contributed by atoms with van der Waals surface area (Å²) in [5.41, 5.74) is 0. The first-order valence-corrected chi connectivity index (χ1v) is 40.5. The van der Waals surface area contributed by atoms with Crippen LogP contribution >= 0.6 is 15.6 Å². The zero-order valence-electron chi connectivity index (χ0n) is 59.1. The molecule has 0 amide bonds. The van der Waals surface area contributed by atoms with Crippen molar-refractivity contribution in [2.45, 2.75) is 387 Å². The van der Waals surface area contributed by atoms with Crippen molar-refractivity contribution in [1.82, 2.24) is 0 Å².